The fraction of sp³-hybridized carbons (Fsp3) is 0.318. The van der Waals surface area contributed by atoms with E-state index in [4.69, 9.17) is 10.2 Å². The number of benzene rings is 2. The van der Waals surface area contributed by atoms with Gasteiger partial charge in [-0.05, 0) is 24.1 Å². The molecule has 0 aromatic heterocycles. The summed E-state index contributed by atoms with van der Waals surface area (Å²) in [7, 11) is 0. The van der Waals surface area contributed by atoms with Crippen molar-refractivity contribution in [3.8, 4) is 11.5 Å². The molecular formula is C22H28N2O7. The van der Waals surface area contributed by atoms with E-state index in [1.165, 1.54) is 12.1 Å². The van der Waals surface area contributed by atoms with Gasteiger partial charge in [0.15, 0.2) is 0 Å². The Balaban J connectivity index is 0.000000316. The van der Waals surface area contributed by atoms with E-state index in [-0.39, 0.29) is 23.0 Å². The Labute approximate surface area is 180 Å². The molecular weight excluding hydrogens is 404 g/mol. The van der Waals surface area contributed by atoms with Crippen LogP contribution in [0.5, 0.6) is 11.5 Å². The van der Waals surface area contributed by atoms with Crippen molar-refractivity contribution in [1.82, 2.24) is 10.6 Å². The molecule has 9 heteroatoms. The third kappa shape index (κ3) is 8.75. The summed E-state index contributed by atoms with van der Waals surface area (Å²) >= 11 is 0. The second kappa shape index (κ2) is 12.9. The maximum absolute atomic E-state index is 11.2. The minimum Gasteiger partial charge on any atom is -0.508 e. The lowest BCUT2D eigenvalue weighted by Gasteiger charge is -2.20. The Morgan fingerprint density at radius 2 is 1.52 bits per heavy atom. The number of carboxylic acid groups (broad SMARTS) is 2. The van der Waals surface area contributed by atoms with Crippen molar-refractivity contribution in [1.29, 1.82) is 0 Å². The number of carboxylic acids is 2. The van der Waals surface area contributed by atoms with E-state index in [2.05, 4.69) is 10.6 Å². The molecule has 1 amide bonds. The van der Waals surface area contributed by atoms with Gasteiger partial charge in [-0.25, -0.2) is 0 Å². The fourth-order valence-corrected chi connectivity index (χ4v) is 2.56. The largest absolute Gasteiger partial charge is 0.508 e. The predicted molar refractivity (Wildman–Crippen MR) is 114 cm³/mol. The fourth-order valence-electron chi connectivity index (χ4n) is 2.56. The summed E-state index contributed by atoms with van der Waals surface area (Å²) in [6.07, 6.45) is 0.796. The van der Waals surface area contributed by atoms with Crippen LogP contribution < -0.4 is 10.6 Å². The first-order valence-electron chi connectivity index (χ1n) is 9.68. The first-order valence-corrected chi connectivity index (χ1v) is 9.68. The van der Waals surface area contributed by atoms with Crippen LogP contribution in [-0.4, -0.2) is 50.9 Å². The lowest BCUT2D eigenvalue weighted by molar-refractivity contribution is -0.141. The zero-order chi connectivity index (χ0) is 23.4. The van der Waals surface area contributed by atoms with Gasteiger partial charge in [0, 0.05) is 12.1 Å². The van der Waals surface area contributed by atoms with Gasteiger partial charge in [0.2, 0.25) is 0 Å². The summed E-state index contributed by atoms with van der Waals surface area (Å²) in [5, 5.41) is 41.3. The highest BCUT2D eigenvalue weighted by Gasteiger charge is 2.22. The first-order chi connectivity index (χ1) is 14.7. The number of amides is 1. The van der Waals surface area contributed by atoms with Crippen molar-refractivity contribution in [2.24, 2.45) is 5.92 Å². The third-order valence-corrected chi connectivity index (χ3v) is 4.53. The highest BCUT2D eigenvalue weighted by Crippen LogP contribution is 2.17. The molecule has 6 N–H and O–H groups in total. The highest BCUT2D eigenvalue weighted by atomic mass is 16.4. The molecule has 0 aliphatic heterocycles. The molecule has 0 aliphatic carbocycles. The van der Waals surface area contributed by atoms with Gasteiger partial charge in [-0.15, -0.1) is 0 Å². The number of hydrogen-bond donors (Lipinski definition) is 6. The Morgan fingerprint density at radius 3 is 2.03 bits per heavy atom. The molecule has 2 rings (SSSR count). The van der Waals surface area contributed by atoms with Gasteiger partial charge in [-0.1, -0.05) is 50.6 Å². The predicted octanol–water partition coefficient (Wildman–Crippen LogP) is 2.19. The second-order valence-electron chi connectivity index (χ2n) is 6.80. The van der Waals surface area contributed by atoms with Crippen molar-refractivity contribution < 1.29 is 34.8 Å². The van der Waals surface area contributed by atoms with E-state index < -0.39 is 30.4 Å². The summed E-state index contributed by atoms with van der Waals surface area (Å²) in [4.78, 5) is 32.5. The lowest BCUT2D eigenvalue weighted by Crippen LogP contribution is -2.41. The Morgan fingerprint density at radius 1 is 0.935 bits per heavy atom. The first kappa shape index (κ1) is 25.4. The molecule has 0 saturated carbocycles. The standard InChI is InChI=1S/C13H19NO3.C9H9NO4/c1-3-9(2)12(13(16)17)14-8-10-6-4-5-7-11(10)15;11-7-4-2-1-3-6(7)9(14)10-5-8(12)13/h4-7,9,12,14-15H,3,8H2,1-2H3,(H,16,17);1-4,11H,5H2,(H,10,14)(H,12,13)/t9-,12-;/m0./s1. The summed E-state index contributed by atoms with van der Waals surface area (Å²) in [6.45, 7) is 3.75. The van der Waals surface area contributed by atoms with Gasteiger partial charge in [-0.2, -0.15) is 0 Å². The van der Waals surface area contributed by atoms with Crippen molar-refractivity contribution >= 4 is 17.8 Å². The maximum Gasteiger partial charge on any atom is 0.322 e. The number of aliphatic carboxylic acids is 2. The average molecular weight is 432 g/mol. The summed E-state index contributed by atoms with van der Waals surface area (Å²) < 4.78 is 0. The molecule has 0 unspecified atom stereocenters. The zero-order valence-electron chi connectivity index (χ0n) is 17.4. The van der Waals surface area contributed by atoms with Crippen LogP contribution >= 0.6 is 0 Å². The minimum absolute atomic E-state index is 0.0540. The summed E-state index contributed by atoms with van der Waals surface area (Å²) in [5.74, 6) is -2.52. The van der Waals surface area contributed by atoms with Crippen LogP contribution in [0.4, 0.5) is 0 Å². The van der Waals surface area contributed by atoms with Gasteiger partial charge in [0.05, 0.1) is 5.56 Å². The van der Waals surface area contributed by atoms with Crippen LogP contribution in [0.25, 0.3) is 0 Å². The number of carbonyl (C=O) groups excluding carboxylic acids is 1. The molecule has 0 fully saturated rings. The summed E-state index contributed by atoms with van der Waals surface area (Å²) in [5.41, 5.74) is 0.774. The average Bonchev–Trinajstić information content (AvgIpc) is 2.73. The van der Waals surface area contributed by atoms with Crippen LogP contribution in [0.3, 0.4) is 0 Å². The van der Waals surface area contributed by atoms with Crippen molar-refractivity contribution in [2.45, 2.75) is 32.9 Å². The number of rotatable bonds is 9. The molecule has 2 atom stereocenters. The Kier molecular flexibility index (Phi) is 10.6. The number of hydrogen-bond acceptors (Lipinski definition) is 6. The Hall–Kier alpha value is -3.59. The van der Waals surface area contributed by atoms with E-state index in [9.17, 15) is 24.6 Å². The molecule has 168 valence electrons. The van der Waals surface area contributed by atoms with Gasteiger partial charge in [0.1, 0.15) is 24.1 Å². The molecule has 0 radical (unpaired) electrons. The zero-order valence-corrected chi connectivity index (χ0v) is 17.4. The van der Waals surface area contributed by atoms with E-state index in [1.54, 1.807) is 30.3 Å². The SMILES string of the molecule is CC[C@H](C)[C@H](NCc1ccccc1O)C(=O)O.O=C(O)CNC(=O)c1ccccc1O. The molecule has 9 nitrogen and oxygen atoms in total. The number of nitrogens with one attached hydrogen (secondary N) is 2. The monoisotopic (exact) mass is 432 g/mol. The van der Waals surface area contributed by atoms with E-state index in [0.29, 0.717) is 12.1 Å². The van der Waals surface area contributed by atoms with E-state index in [0.717, 1.165) is 6.42 Å². The van der Waals surface area contributed by atoms with E-state index in [1.807, 2.05) is 19.9 Å². The number of phenolic OH excluding ortho intramolecular Hbond substituents is 2. The van der Waals surface area contributed by atoms with Crippen LogP contribution in [0.2, 0.25) is 0 Å². The minimum atomic E-state index is -1.13. The van der Waals surface area contributed by atoms with Crippen LogP contribution in [0.15, 0.2) is 48.5 Å². The van der Waals surface area contributed by atoms with Gasteiger partial charge < -0.3 is 25.7 Å². The van der Waals surface area contributed by atoms with Gasteiger partial charge in [-0.3, -0.25) is 19.7 Å². The number of phenols is 2. The van der Waals surface area contributed by atoms with Gasteiger partial charge in [0.25, 0.3) is 5.91 Å². The molecule has 0 bridgehead atoms. The van der Waals surface area contributed by atoms with Crippen LogP contribution in [0.1, 0.15) is 36.2 Å². The quantitative estimate of drug-likeness (QED) is 0.352. The maximum atomic E-state index is 11.2. The molecule has 2 aromatic carbocycles. The van der Waals surface area contributed by atoms with Gasteiger partial charge >= 0.3 is 11.9 Å². The van der Waals surface area contributed by atoms with Crippen LogP contribution in [0, 0.1) is 5.92 Å². The molecule has 0 heterocycles. The van der Waals surface area contributed by atoms with Crippen LogP contribution in [-0.2, 0) is 16.1 Å². The molecule has 2 aromatic rings. The second-order valence-corrected chi connectivity index (χ2v) is 6.80. The smallest absolute Gasteiger partial charge is 0.322 e. The van der Waals surface area contributed by atoms with Crippen molar-refractivity contribution in [3.05, 3.63) is 59.7 Å². The lowest BCUT2D eigenvalue weighted by atomic mass is 9.99. The molecule has 31 heavy (non-hydrogen) atoms. The highest BCUT2D eigenvalue weighted by molar-refractivity contribution is 5.98. The van der Waals surface area contributed by atoms with Crippen molar-refractivity contribution in [3.63, 3.8) is 0 Å². The molecule has 0 spiro atoms. The normalized spacial score (nSPS) is 12.1. The molecule has 0 saturated heterocycles. The van der Waals surface area contributed by atoms with Crippen molar-refractivity contribution in [2.75, 3.05) is 6.54 Å². The Bertz CT molecular complexity index is 886. The summed E-state index contributed by atoms with van der Waals surface area (Å²) in [6, 6.07) is 12.3. The van der Waals surface area contributed by atoms with E-state index >= 15 is 0 Å². The number of aromatic hydroxyl groups is 2. The molecule has 0 aliphatic rings. The topological polar surface area (TPSA) is 156 Å². The number of para-hydroxylation sites is 2. The third-order valence-electron chi connectivity index (χ3n) is 4.53. The number of carbonyl (C=O) groups is 3.